The van der Waals surface area contributed by atoms with E-state index in [1.165, 1.54) is 0 Å². The minimum Gasteiger partial charge on any atom is -0.399 e. The number of rotatable bonds is 4. The second-order valence-electron chi connectivity index (χ2n) is 5.29. The summed E-state index contributed by atoms with van der Waals surface area (Å²) in [4.78, 5) is 16.3. The van der Waals surface area contributed by atoms with Crippen LogP contribution in [0.3, 0.4) is 0 Å². The van der Waals surface area contributed by atoms with Crippen molar-refractivity contribution in [1.29, 1.82) is 0 Å². The third kappa shape index (κ3) is 3.15. The van der Waals surface area contributed by atoms with E-state index in [0.717, 1.165) is 11.1 Å². The van der Waals surface area contributed by atoms with E-state index in [1.54, 1.807) is 12.4 Å². The molecule has 4 nitrogen and oxygen atoms in total. The van der Waals surface area contributed by atoms with Crippen LogP contribution in [0.15, 0.2) is 48.8 Å². The van der Waals surface area contributed by atoms with Gasteiger partial charge in [0.05, 0.1) is 5.41 Å². The number of nitrogen functional groups attached to an aromatic ring is 1. The van der Waals surface area contributed by atoms with E-state index < -0.39 is 5.41 Å². The molecule has 0 atom stereocenters. The number of aromatic nitrogens is 1. The molecule has 0 aliphatic carbocycles. The first-order chi connectivity index (χ1) is 9.50. The van der Waals surface area contributed by atoms with Gasteiger partial charge in [0.1, 0.15) is 0 Å². The van der Waals surface area contributed by atoms with Crippen LogP contribution in [0.1, 0.15) is 25.0 Å². The van der Waals surface area contributed by atoms with E-state index in [2.05, 4.69) is 10.3 Å². The zero-order valence-corrected chi connectivity index (χ0v) is 11.8. The van der Waals surface area contributed by atoms with Crippen molar-refractivity contribution in [3.05, 3.63) is 59.9 Å². The summed E-state index contributed by atoms with van der Waals surface area (Å²) < 4.78 is 0. The zero-order valence-electron chi connectivity index (χ0n) is 11.8. The molecule has 0 saturated carbocycles. The molecular weight excluding hydrogens is 250 g/mol. The summed E-state index contributed by atoms with van der Waals surface area (Å²) >= 11 is 0. The van der Waals surface area contributed by atoms with Gasteiger partial charge >= 0.3 is 0 Å². The highest BCUT2D eigenvalue weighted by atomic mass is 16.2. The molecule has 1 aromatic carbocycles. The Morgan fingerprint density at radius 3 is 2.35 bits per heavy atom. The first kappa shape index (κ1) is 14.1. The molecule has 0 aliphatic heterocycles. The van der Waals surface area contributed by atoms with Crippen LogP contribution in [-0.4, -0.2) is 10.9 Å². The molecule has 2 rings (SSSR count). The molecule has 0 radical (unpaired) electrons. The smallest absolute Gasteiger partial charge is 0.230 e. The van der Waals surface area contributed by atoms with Gasteiger partial charge in [-0.05, 0) is 49.2 Å². The number of nitrogens with zero attached hydrogens (tertiary/aromatic N) is 1. The SMILES string of the molecule is CC(C)(C(=O)NCc1ccncc1)c1ccc(N)cc1. The second kappa shape index (κ2) is 5.74. The Balaban J connectivity index is 2.05. The van der Waals surface area contributed by atoms with Gasteiger partial charge in [-0.3, -0.25) is 9.78 Å². The maximum Gasteiger partial charge on any atom is 0.230 e. The number of carbonyl (C=O) groups is 1. The summed E-state index contributed by atoms with van der Waals surface area (Å²) in [5, 5.41) is 2.95. The van der Waals surface area contributed by atoms with E-state index in [1.807, 2.05) is 50.2 Å². The fourth-order valence-corrected chi connectivity index (χ4v) is 1.93. The molecular formula is C16H19N3O. The lowest BCUT2D eigenvalue weighted by atomic mass is 9.83. The van der Waals surface area contributed by atoms with Gasteiger partial charge < -0.3 is 11.1 Å². The molecule has 3 N–H and O–H groups in total. The predicted octanol–water partition coefficient (Wildman–Crippen LogP) is 2.26. The Kier molecular flexibility index (Phi) is 4.03. The normalized spacial score (nSPS) is 11.1. The minimum absolute atomic E-state index is 0.0147. The van der Waals surface area contributed by atoms with Crippen molar-refractivity contribution >= 4 is 11.6 Å². The minimum atomic E-state index is -0.596. The average molecular weight is 269 g/mol. The number of hydrogen-bond donors (Lipinski definition) is 2. The number of hydrogen-bond acceptors (Lipinski definition) is 3. The molecule has 1 aromatic heterocycles. The number of nitrogens with two attached hydrogens (primary N) is 1. The Morgan fingerprint density at radius 1 is 1.15 bits per heavy atom. The van der Waals surface area contributed by atoms with E-state index >= 15 is 0 Å². The van der Waals surface area contributed by atoms with Gasteiger partial charge in [0.15, 0.2) is 0 Å². The lowest BCUT2D eigenvalue weighted by Gasteiger charge is -2.24. The monoisotopic (exact) mass is 269 g/mol. The molecule has 0 spiro atoms. The Hall–Kier alpha value is -2.36. The Bertz CT molecular complexity index is 576. The number of pyridine rings is 1. The average Bonchev–Trinajstić information content (AvgIpc) is 2.46. The highest BCUT2D eigenvalue weighted by Gasteiger charge is 2.29. The number of anilines is 1. The summed E-state index contributed by atoms with van der Waals surface area (Å²) in [6.45, 7) is 4.31. The molecule has 0 bridgehead atoms. The zero-order chi connectivity index (χ0) is 14.6. The second-order valence-corrected chi connectivity index (χ2v) is 5.29. The molecule has 0 unspecified atom stereocenters. The quantitative estimate of drug-likeness (QED) is 0.837. The van der Waals surface area contributed by atoms with Crippen LogP contribution in [0.2, 0.25) is 0 Å². The highest BCUT2D eigenvalue weighted by molar-refractivity contribution is 5.87. The van der Waals surface area contributed by atoms with Gasteiger partial charge in [0, 0.05) is 24.6 Å². The van der Waals surface area contributed by atoms with Crippen molar-refractivity contribution in [2.75, 3.05) is 5.73 Å². The third-order valence-corrected chi connectivity index (χ3v) is 3.40. The van der Waals surface area contributed by atoms with Crippen LogP contribution in [-0.2, 0) is 16.8 Å². The van der Waals surface area contributed by atoms with Gasteiger partial charge in [-0.15, -0.1) is 0 Å². The van der Waals surface area contributed by atoms with Crippen molar-refractivity contribution in [2.45, 2.75) is 25.8 Å². The van der Waals surface area contributed by atoms with Crippen molar-refractivity contribution in [3.63, 3.8) is 0 Å². The van der Waals surface area contributed by atoms with Gasteiger partial charge in [-0.25, -0.2) is 0 Å². The van der Waals surface area contributed by atoms with E-state index in [9.17, 15) is 4.79 Å². The van der Waals surface area contributed by atoms with Crippen molar-refractivity contribution in [3.8, 4) is 0 Å². The van der Waals surface area contributed by atoms with Crippen LogP contribution in [0.4, 0.5) is 5.69 Å². The van der Waals surface area contributed by atoms with Crippen LogP contribution in [0.5, 0.6) is 0 Å². The number of amides is 1. The third-order valence-electron chi connectivity index (χ3n) is 3.40. The van der Waals surface area contributed by atoms with Crippen molar-refractivity contribution < 1.29 is 4.79 Å². The molecule has 0 aliphatic rings. The lowest BCUT2D eigenvalue weighted by Crippen LogP contribution is -2.39. The lowest BCUT2D eigenvalue weighted by molar-refractivity contribution is -0.125. The standard InChI is InChI=1S/C16H19N3O/c1-16(2,13-3-5-14(17)6-4-13)15(20)19-11-12-7-9-18-10-8-12/h3-10H,11,17H2,1-2H3,(H,19,20). The number of nitrogens with one attached hydrogen (secondary N) is 1. The fraction of sp³-hybridized carbons (Fsp3) is 0.250. The first-order valence-corrected chi connectivity index (χ1v) is 6.53. The van der Waals surface area contributed by atoms with E-state index in [0.29, 0.717) is 12.2 Å². The van der Waals surface area contributed by atoms with E-state index in [4.69, 9.17) is 5.73 Å². The van der Waals surface area contributed by atoms with Crippen LogP contribution >= 0.6 is 0 Å². The number of benzene rings is 1. The van der Waals surface area contributed by atoms with Gasteiger partial charge in [-0.2, -0.15) is 0 Å². The highest BCUT2D eigenvalue weighted by Crippen LogP contribution is 2.24. The summed E-state index contributed by atoms with van der Waals surface area (Å²) in [7, 11) is 0. The van der Waals surface area contributed by atoms with Gasteiger partial charge in [-0.1, -0.05) is 12.1 Å². The molecule has 20 heavy (non-hydrogen) atoms. The Labute approximate surface area is 119 Å². The summed E-state index contributed by atoms with van der Waals surface area (Å²) in [5.41, 5.74) is 7.75. The first-order valence-electron chi connectivity index (χ1n) is 6.53. The van der Waals surface area contributed by atoms with Crippen molar-refractivity contribution in [2.24, 2.45) is 0 Å². The molecule has 2 aromatic rings. The molecule has 104 valence electrons. The molecule has 0 saturated heterocycles. The fourth-order valence-electron chi connectivity index (χ4n) is 1.93. The van der Waals surface area contributed by atoms with E-state index in [-0.39, 0.29) is 5.91 Å². The predicted molar refractivity (Wildman–Crippen MR) is 80.0 cm³/mol. The van der Waals surface area contributed by atoms with Crippen LogP contribution in [0.25, 0.3) is 0 Å². The largest absolute Gasteiger partial charge is 0.399 e. The topological polar surface area (TPSA) is 68.0 Å². The molecule has 1 heterocycles. The summed E-state index contributed by atoms with van der Waals surface area (Å²) in [6.07, 6.45) is 3.43. The Morgan fingerprint density at radius 2 is 1.75 bits per heavy atom. The summed E-state index contributed by atoms with van der Waals surface area (Å²) in [5.74, 6) is -0.0147. The van der Waals surface area contributed by atoms with Crippen LogP contribution in [0, 0.1) is 0 Å². The molecule has 1 amide bonds. The van der Waals surface area contributed by atoms with Crippen molar-refractivity contribution in [1.82, 2.24) is 10.3 Å². The van der Waals surface area contributed by atoms with Crippen LogP contribution < -0.4 is 11.1 Å². The van der Waals surface area contributed by atoms with Gasteiger partial charge in [0.25, 0.3) is 0 Å². The molecule has 4 heteroatoms. The number of carbonyl (C=O) groups excluding carboxylic acids is 1. The summed E-state index contributed by atoms with van der Waals surface area (Å²) in [6, 6.07) is 11.2. The van der Waals surface area contributed by atoms with Gasteiger partial charge in [0.2, 0.25) is 5.91 Å². The maximum atomic E-state index is 12.4. The maximum absolute atomic E-state index is 12.4. The molecule has 0 fully saturated rings.